The van der Waals surface area contributed by atoms with Crippen LogP contribution in [-0.4, -0.2) is 15.0 Å². The van der Waals surface area contributed by atoms with Crippen molar-refractivity contribution in [2.75, 3.05) is 5.32 Å². The molecule has 0 atom stereocenters. The van der Waals surface area contributed by atoms with Crippen molar-refractivity contribution >= 4 is 21.7 Å². The molecule has 0 radical (unpaired) electrons. The molecule has 0 saturated heterocycles. The Hall–Kier alpha value is -2.54. The molecule has 3 aromatic rings. The smallest absolute Gasteiger partial charge is 0.254 e. The molecule has 3 rings (SSSR count). The fraction of sp³-hybridized carbons (Fsp3) is 0.167. The number of aromatic nitrogens is 3. The first-order valence-electron chi connectivity index (χ1n) is 7.66. The maximum absolute atomic E-state index is 13.8. The standard InChI is InChI=1S/C18H16BrFN4O/c1-10-11(2)23-17(24-18(10)25)13-4-6-16(22-9-13)21-8-12-3-5-14(19)7-15(12)20/h3-7,9H,8H2,1-2H3,(H,21,22)(H,23,24,25). The van der Waals surface area contributed by atoms with Crippen LogP contribution in [0.2, 0.25) is 0 Å². The highest BCUT2D eigenvalue weighted by atomic mass is 79.9. The van der Waals surface area contributed by atoms with E-state index in [1.54, 1.807) is 44.3 Å². The molecule has 0 aliphatic rings. The van der Waals surface area contributed by atoms with Crippen LogP contribution in [0.1, 0.15) is 16.8 Å². The zero-order chi connectivity index (χ0) is 18.0. The number of aryl methyl sites for hydroxylation is 1. The van der Waals surface area contributed by atoms with Crippen LogP contribution in [0.25, 0.3) is 11.4 Å². The van der Waals surface area contributed by atoms with Crippen LogP contribution >= 0.6 is 15.9 Å². The van der Waals surface area contributed by atoms with Crippen LogP contribution in [0, 0.1) is 19.7 Å². The lowest BCUT2D eigenvalue weighted by Crippen LogP contribution is -2.14. The molecule has 1 aromatic carbocycles. The molecule has 2 aromatic heterocycles. The number of nitrogens with zero attached hydrogens (tertiary/aromatic N) is 2. The fourth-order valence-electron chi connectivity index (χ4n) is 2.27. The normalized spacial score (nSPS) is 10.7. The van der Waals surface area contributed by atoms with Crippen LogP contribution in [0.3, 0.4) is 0 Å². The summed E-state index contributed by atoms with van der Waals surface area (Å²) in [5.41, 5.74) is 2.39. The molecule has 2 N–H and O–H groups in total. The Bertz CT molecular complexity index is 970. The van der Waals surface area contributed by atoms with Crippen LogP contribution in [0.5, 0.6) is 0 Å². The SMILES string of the molecule is Cc1nc(-c2ccc(NCc3ccc(Br)cc3F)nc2)[nH]c(=O)c1C. The largest absolute Gasteiger partial charge is 0.366 e. The van der Waals surface area contributed by atoms with Crippen LogP contribution < -0.4 is 10.9 Å². The third-order valence-electron chi connectivity index (χ3n) is 3.91. The number of aromatic amines is 1. The lowest BCUT2D eigenvalue weighted by molar-refractivity contribution is 0.612. The minimum absolute atomic E-state index is 0.157. The number of halogens is 2. The first-order valence-corrected chi connectivity index (χ1v) is 8.45. The van der Waals surface area contributed by atoms with Crippen molar-refractivity contribution in [2.24, 2.45) is 0 Å². The van der Waals surface area contributed by atoms with Crippen molar-refractivity contribution in [3.05, 3.63) is 74.0 Å². The summed E-state index contributed by atoms with van der Waals surface area (Å²) in [5, 5.41) is 3.07. The molecule has 0 amide bonds. The van der Waals surface area contributed by atoms with Gasteiger partial charge in [0.05, 0.1) is 0 Å². The molecule has 0 bridgehead atoms. The average molecular weight is 403 g/mol. The fourth-order valence-corrected chi connectivity index (χ4v) is 2.60. The summed E-state index contributed by atoms with van der Waals surface area (Å²) in [6, 6.07) is 8.50. The number of H-pyrrole nitrogens is 1. The Kier molecular flexibility index (Phi) is 4.94. The molecular weight excluding hydrogens is 387 g/mol. The summed E-state index contributed by atoms with van der Waals surface area (Å²) in [5.74, 6) is 0.804. The molecule has 128 valence electrons. The van der Waals surface area contributed by atoms with Crippen molar-refractivity contribution < 1.29 is 4.39 Å². The Morgan fingerprint density at radius 3 is 2.68 bits per heavy atom. The van der Waals surface area contributed by atoms with Gasteiger partial charge in [0.15, 0.2) is 0 Å². The second-order valence-corrected chi connectivity index (χ2v) is 6.56. The van der Waals surface area contributed by atoms with E-state index in [4.69, 9.17) is 0 Å². The van der Waals surface area contributed by atoms with E-state index in [-0.39, 0.29) is 11.4 Å². The van der Waals surface area contributed by atoms with Gasteiger partial charge in [-0.3, -0.25) is 4.79 Å². The minimum atomic E-state index is -0.282. The second-order valence-electron chi connectivity index (χ2n) is 5.65. The van der Waals surface area contributed by atoms with Gasteiger partial charge in [0.1, 0.15) is 17.5 Å². The number of benzene rings is 1. The molecule has 0 aliphatic carbocycles. The van der Waals surface area contributed by atoms with Gasteiger partial charge in [-0.05, 0) is 38.1 Å². The number of anilines is 1. The van der Waals surface area contributed by atoms with Crippen molar-refractivity contribution in [1.82, 2.24) is 15.0 Å². The van der Waals surface area contributed by atoms with Crippen LogP contribution in [-0.2, 0) is 6.54 Å². The maximum Gasteiger partial charge on any atom is 0.254 e. The Balaban J connectivity index is 1.75. The summed E-state index contributed by atoms with van der Waals surface area (Å²) < 4.78 is 14.5. The summed E-state index contributed by atoms with van der Waals surface area (Å²) >= 11 is 3.23. The van der Waals surface area contributed by atoms with E-state index in [1.165, 1.54) is 6.07 Å². The molecule has 0 spiro atoms. The average Bonchev–Trinajstić information content (AvgIpc) is 2.59. The van der Waals surface area contributed by atoms with Crippen molar-refractivity contribution in [2.45, 2.75) is 20.4 Å². The molecule has 2 heterocycles. The van der Waals surface area contributed by atoms with Crippen molar-refractivity contribution in [1.29, 1.82) is 0 Å². The van der Waals surface area contributed by atoms with Gasteiger partial charge < -0.3 is 10.3 Å². The highest BCUT2D eigenvalue weighted by molar-refractivity contribution is 9.10. The molecule has 0 fully saturated rings. The maximum atomic E-state index is 13.8. The third kappa shape index (κ3) is 3.93. The monoisotopic (exact) mass is 402 g/mol. The summed E-state index contributed by atoms with van der Waals surface area (Å²) in [6.07, 6.45) is 1.62. The number of hydrogen-bond donors (Lipinski definition) is 2. The molecule has 0 saturated carbocycles. The Labute approximate surface area is 152 Å². The second kappa shape index (κ2) is 7.14. The number of pyridine rings is 1. The van der Waals surface area contributed by atoms with E-state index >= 15 is 0 Å². The van der Waals surface area contributed by atoms with E-state index in [9.17, 15) is 9.18 Å². The van der Waals surface area contributed by atoms with E-state index in [1.807, 2.05) is 0 Å². The van der Waals surface area contributed by atoms with Gasteiger partial charge in [0, 0.05) is 39.6 Å². The quantitative estimate of drug-likeness (QED) is 0.692. The Morgan fingerprint density at radius 1 is 1.24 bits per heavy atom. The number of rotatable bonds is 4. The topological polar surface area (TPSA) is 70.7 Å². The van der Waals surface area contributed by atoms with Gasteiger partial charge in [-0.2, -0.15) is 0 Å². The number of hydrogen-bond acceptors (Lipinski definition) is 4. The van der Waals surface area contributed by atoms with Gasteiger partial charge >= 0.3 is 0 Å². The van der Waals surface area contributed by atoms with E-state index in [0.717, 1.165) is 0 Å². The summed E-state index contributed by atoms with van der Waals surface area (Å²) in [4.78, 5) is 23.3. The molecule has 0 aliphatic heterocycles. The molecule has 0 unspecified atom stereocenters. The van der Waals surface area contributed by atoms with Gasteiger partial charge in [0.25, 0.3) is 5.56 Å². The van der Waals surface area contributed by atoms with Gasteiger partial charge in [-0.25, -0.2) is 14.4 Å². The van der Waals surface area contributed by atoms with Crippen LogP contribution in [0.15, 0.2) is 45.8 Å². The highest BCUT2D eigenvalue weighted by Gasteiger charge is 2.07. The minimum Gasteiger partial charge on any atom is -0.366 e. The first-order chi connectivity index (χ1) is 11.9. The number of nitrogens with one attached hydrogen (secondary N) is 2. The van der Waals surface area contributed by atoms with E-state index in [2.05, 4.69) is 36.2 Å². The van der Waals surface area contributed by atoms with Crippen molar-refractivity contribution in [3.8, 4) is 11.4 Å². The third-order valence-corrected chi connectivity index (χ3v) is 4.40. The Morgan fingerprint density at radius 2 is 2.04 bits per heavy atom. The summed E-state index contributed by atoms with van der Waals surface area (Å²) in [6.45, 7) is 3.85. The zero-order valence-electron chi connectivity index (χ0n) is 13.7. The van der Waals surface area contributed by atoms with Gasteiger partial charge in [-0.15, -0.1) is 0 Å². The summed E-state index contributed by atoms with van der Waals surface area (Å²) in [7, 11) is 0. The molecular formula is C18H16BrFN4O. The molecule has 25 heavy (non-hydrogen) atoms. The lowest BCUT2D eigenvalue weighted by atomic mass is 10.2. The molecule has 7 heteroatoms. The molecule has 5 nitrogen and oxygen atoms in total. The lowest BCUT2D eigenvalue weighted by Gasteiger charge is -2.08. The van der Waals surface area contributed by atoms with Gasteiger partial charge in [0.2, 0.25) is 0 Å². The van der Waals surface area contributed by atoms with Gasteiger partial charge in [-0.1, -0.05) is 22.0 Å². The predicted octanol–water partition coefficient (Wildman–Crippen LogP) is 3.96. The highest BCUT2D eigenvalue weighted by Crippen LogP contribution is 2.18. The van der Waals surface area contributed by atoms with E-state index < -0.39 is 0 Å². The van der Waals surface area contributed by atoms with E-state index in [0.29, 0.717) is 45.0 Å². The van der Waals surface area contributed by atoms with Crippen LogP contribution in [0.4, 0.5) is 10.2 Å². The first kappa shape index (κ1) is 17.3. The van der Waals surface area contributed by atoms with Crippen molar-refractivity contribution in [3.63, 3.8) is 0 Å². The zero-order valence-corrected chi connectivity index (χ0v) is 15.3. The predicted molar refractivity (Wildman–Crippen MR) is 99.0 cm³/mol.